The molecule has 1 heterocycles. The van der Waals surface area contributed by atoms with Gasteiger partial charge < -0.3 is 19.1 Å². The van der Waals surface area contributed by atoms with E-state index in [9.17, 15) is 4.79 Å². The monoisotopic (exact) mass is 518 g/mol. The lowest BCUT2D eigenvalue weighted by Gasteiger charge is -2.18. The second kappa shape index (κ2) is 12.3. The zero-order valence-corrected chi connectivity index (χ0v) is 22.2. The Hall–Kier alpha value is -3.98. The number of ether oxygens (including phenoxy) is 3. The highest BCUT2D eigenvalue weighted by Crippen LogP contribution is 2.32. The third kappa shape index (κ3) is 6.06. The van der Waals surface area contributed by atoms with Crippen molar-refractivity contribution in [3.63, 3.8) is 0 Å². The number of thioether (sulfide) groups is 1. The molecule has 4 aromatic rings. The van der Waals surface area contributed by atoms with Crippen molar-refractivity contribution < 1.29 is 19.0 Å². The maximum Gasteiger partial charge on any atom is 0.232 e. The van der Waals surface area contributed by atoms with Crippen LogP contribution in [0.25, 0.3) is 17.1 Å². The van der Waals surface area contributed by atoms with Gasteiger partial charge in [-0.05, 0) is 36.2 Å². The van der Waals surface area contributed by atoms with E-state index >= 15 is 0 Å². The molecule has 8 nitrogen and oxygen atoms in total. The number of aromatic nitrogens is 3. The Morgan fingerprint density at radius 3 is 2.30 bits per heavy atom. The molecule has 1 aromatic heterocycles. The SMILES string of the molecule is COc1ccc(CCN(C)C(=O)CSc2nnc(-c3ccccc3)n2-c2ccccc2OC)cc1OC. The van der Waals surface area contributed by atoms with Gasteiger partial charge in [-0.3, -0.25) is 9.36 Å². The van der Waals surface area contributed by atoms with Gasteiger partial charge in [0.15, 0.2) is 22.5 Å². The third-order valence-electron chi connectivity index (χ3n) is 5.93. The van der Waals surface area contributed by atoms with Gasteiger partial charge in [0.25, 0.3) is 0 Å². The topological polar surface area (TPSA) is 78.7 Å². The number of rotatable bonds is 11. The number of nitrogens with zero attached hydrogens (tertiary/aromatic N) is 4. The van der Waals surface area contributed by atoms with Crippen molar-refractivity contribution in [2.45, 2.75) is 11.6 Å². The van der Waals surface area contributed by atoms with Crippen molar-refractivity contribution in [2.75, 3.05) is 40.7 Å². The zero-order chi connectivity index (χ0) is 26.2. The molecule has 0 N–H and O–H groups in total. The maximum atomic E-state index is 13.0. The summed E-state index contributed by atoms with van der Waals surface area (Å²) in [7, 11) is 6.67. The standard InChI is InChI=1S/C28H30N4O4S/c1-31(17-16-20-14-15-24(35-3)25(18-20)36-4)26(33)19-37-28-30-29-27(21-10-6-5-7-11-21)32(28)22-12-8-9-13-23(22)34-2/h5-15,18H,16-17,19H2,1-4H3. The molecule has 0 fully saturated rings. The van der Waals surface area contributed by atoms with E-state index in [-0.39, 0.29) is 11.7 Å². The average Bonchev–Trinajstić information content (AvgIpc) is 3.38. The Balaban J connectivity index is 1.49. The van der Waals surface area contributed by atoms with Gasteiger partial charge in [0.05, 0.1) is 32.8 Å². The van der Waals surface area contributed by atoms with Gasteiger partial charge in [-0.1, -0.05) is 60.3 Å². The molecule has 0 saturated carbocycles. The Labute approximate surface area is 221 Å². The minimum atomic E-state index is 0.00122. The van der Waals surface area contributed by atoms with E-state index in [0.717, 1.165) is 16.8 Å². The predicted molar refractivity (Wildman–Crippen MR) is 145 cm³/mol. The lowest BCUT2D eigenvalue weighted by atomic mass is 10.1. The normalized spacial score (nSPS) is 10.7. The fourth-order valence-electron chi connectivity index (χ4n) is 3.86. The number of amides is 1. The van der Waals surface area contributed by atoms with Gasteiger partial charge in [0, 0.05) is 19.2 Å². The van der Waals surface area contributed by atoms with E-state index in [0.29, 0.717) is 41.2 Å². The first-order valence-corrected chi connectivity index (χ1v) is 12.8. The Morgan fingerprint density at radius 1 is 0.865 bits per heavy atom. The minimum absolute atomic E-state index is 0.00122. The molecule has 3 aromatic carbocycles. The van der Waals surface area contributed by atoms with Crippen LogP contribution in [0.4, 0.5) is 0 Å². The van der Waals surface area contributed by atoms with Gasteiger partial charge in [0.1, 0.15) is 5.75 Å². The maximum absolute atomic E-state index is 13.0. The number of hydrogen-bond donors (Lipinski definition) is 0. The Morgan fingerprint density at radius 2 is 1.57 bits per heavy atom. The molecule has 0 aliphatic heterocycles. The van der Waals surface area contributed by atoms with Crippen molar-refractivity contribution >= 4 is 17.7 Å². The van der Waals surface area contributed by atoms with E-state index in [4.69, 9.17) is 14.2 Å². The second-order valence-electron chi connectivity index (χ2n) is 8.22. The molecule has 0 aliphatic rings. The average molecular weight is 519 g/mol. The van der Waals surface area contributed by atoms with Crippen LogP contribution in [0.15, 0.2) is 78.0 Å². The molecule has 37 heavy (non-hydrogen) atoms. The number of carbonyl (C=O) groups excluding carboxylic acids is 1. The predicted octanol–water partition coefficient (Wildman–Crippen LogP) is 4.75. The van der Waals surface area contributed by atoms with Crippen LogP contribution in [-0.4, -0.2) is 66.2 Å². The highest BCUT2D eigenvalue weighted by atomic mass is 32.2. The molecule has 0 bridgehead atoms. The Bertz CT molecular complexity index is 1340. The van der Waals surface area contributed by atoms with Gasteiger partial charge in [0.2, 0.25) is 5.91 Å². The number of para-hydroxylation sites is 2. The van der Waals surface area contributed by atoms with E-state index < -0.39 is 0 Å². The van der Waals surface area contributed by atoms with Crippen molar-refractivity contribution in [1.29, 1.82) is 0 Å². The summed E-state index contributed by atoms with van der Waals surface area (Å²) in [6.07, 6.45) is 0.697. The van der Waals surface area contributed by atoms with E-state index in [1.807, 2.05) is 84.4 Å². The lowest BCUT2D eigenvalue weighted by molar-refractivity contribution is -0.127. The molecule has 0 radical (unpaired) electrons. The van der Waals surface area contributed by atoms with Crippen LogP contribution in [0.1, 0.15) is 5.56 Å². The highest BCUT2D eigenvalue weighted by molar-refractivity contribution is 7.99. The summed E-state index contributed by atoms with van der Waals surface area (Å²) in [5, 5.41) is 9.50. The molecule has 9 heteroatoms. The number of hydrogen-bond acceptors (Lipinski definition) is 7. The molecule has 1 amide bonds. The number of methoxy groups -OCH3 is 3. The summed E-state index contributed by atoms with van der Waals surface area (Å²) in [4.78, 5) is 14.7. The van der Waals surface area contributed by atoms with Crippen LogP contribution in [0.2, 0.25) is 0 Å². The van der Waals surface area contributed by atoms with E-state index in [1.54, 1.807) is 26.2 Å². The van der Waals surface area contributed by atoms with Gasteiger partial charge in [-0.15, -0.1) is 10.2 Å². The Kier molecular flexibility index (Phi) is 8.68. The van der Waals surface area contributed by atoms with Gasteiger partial charge in [-0.2, -0.15) is 0 Å². The molecule has 192 valence electrons. The summed E-state index contributed by atoms with van der Waals surface area (Å²) in [6, 6.07) is 23.3. The van der Waals surface area contributed by atoms with Crippen LogP contribution < -0.4 is 14.2 Å². The summed E-state index contributed by atoms with van der Waals surface area (Å²) in [5.74, 6) is 2.96. The van der Waals surface area contributed by atoms with E-state index in [1.165, 1.54) is 11.8 Å². The number of carbonyl (C=O) groups is 1. The van der Waals surface area contributed by atoms with E-state index in [2.05, 4.69) is 10.2 Å². The largest absolute Gasteiger partial charge is 0.495 e. The lowest BCUT2D eigenvalue weighted by Crippen LogP contribution is -2.30. The molecule has 4 rings (SSSR count). The number of benzene rings is 3. The number of likely N-dealkylation sites (N-methyl/N-ethyl adjacent to an activating group) is 1. The minimum Gasteiger partial charge on any atom is -0.495 e. The zero-order valence-electron chi connectivity index (χ0n) is 21.4. The molecule has 0 saturated heterocycles. The van der Waals surface area contributed by atoms with Crippen molar-refractivity contribution in [3.05, 3.63) is 78.4 Å². The molecule has 0 aliphatic carbocycles. The third-order valence-corrected chi connectivity index (χ3v) is 6.84. The van der Waals surface area contributed by atoms with Crippen molar-refractivity contribution in [3.8, 4) is 34.3 Å². The first-order chi connectivity index (χ1) is 18.0. The fraction of sp³-hybridized carbons (Fsp3) is 0.250. The highest BCUT2D eigenvalue weighted by Gasteiger charge is 2.20. The smallest absolute Gasteiger partial charge is 0.232 e. The van der Waals surface area contributed by atoms with Gasteiger partial charge >= 0.3 is 0 Å². The molecule has 0 unspecified atom stereocenters. The van der Waals surface area contributed by atoms with Crippen LogP contribution >= 0.6 is 11.8 Å². The van der Waals surface area contributed by atoms with Crippen molar-refractivity contribution in [1.82, 2.24) is 19.7 Å². The van der Waals surface area contributed by atoms with Crippen LogP contribution in [0.5, 0.6) is 17.2 Å². The first-order valence-electron chi connectivity index (χ1n) is 11.8. The summed E-state index contributed by atoms with van der Waals surface area (Å²) < 4.78 is 18.2. The molecule has 0 spiro atoms. The second-order valence-corrected chi connectivity index (χ2v) is 9.17. The molecule has 0 atom stereocenters. The fourth-order valence-corrected chi connectivity index (χ4v) is 4.75. The first kappa shape index (κ1) is 26.1. The summed E-state index contributed by atoms with van der Waals surface area (Å²) in [5.41, 5.74) is 2.80. The van der Waals surface area contributed by atoms with Gasteiger partial charge in [-0.25, -0.2) is 0 Å². The summed E-state index contributed by atoms with van der Waals surface area (Å²) >= 11 is 1.35. The van der Waals surface area contributed by atoms with Crippen LogP contribution in [0.3, 0.4) is 0 Å². The molecular formula is C28H30N4O4S. The summed E-state index contributed by atoms with van der Waals surface area (Å²) in [6.45, 7) is 0.573. The van der Waals surface area contributed by atoms with Crippen LogP contribution in [-0.2, 0) is 11.2 Å². The molecular weight excluding hydrogens is 488 g/mol. The van der Waals surface area contributed by atoms with Crippen LogP contribution in [0, 0.1) is 0 Å². The quantitative estimate of drug-likeness (QED) is 0.265. The van der Waals surface area contributed by atoms with Crippen molar-refractivity contribution in [2.24, 2.45) is 0 Å².